The van der Waals surface area contributed by atoms with Gasteiger partial charge in [-0.2, -0.15) is 0 Å². The van der Waals surface area contributed by atoms with Crippen molar-refractivity contribution in [3.63, 3.8) is 0 Å². The lowest BCUT2D eigenvalue weighted by Gasteiger charge is -2.28. The van der Waals surface area contributed by atoms with Gasteiger partial charge in [-0.15, -0.1) is 0 Å². The van der Waals surface area contributed by atoms with Crippen LogP contribution in [0.2, 0.25) is 0 Å². The van der Waals surface area contributed by atoms with Gasteiger partial charge in [0.2, 0.25) is 0 Å². The molecule has 0 radical (unpaired) electrons. The number of hydrogen-bond donors (Lipinski definition) is 3. The van der Waals surface area contributed by atoms with Crippen LogP contribution < -0.4 is 5.32 Å². The van der Waals surface area contributed by atoms with E-state index in [-0.39, 0.29) is 24.7 Å². The third-order valence-electron chi connectivity index (χ3n) is 3.34. The average Bonchev–Trinajstić information content (AvgIpc) is 2.55. The van der Waals surface area contributed by atoms with Crippen LogP contribution in [0.25, 0.3) is 0 Å². The van der Waals surface area contributed by atoms with Gasteiger partial charge < -0.3 is 24.6 Å². The van der Waals surface area contributed by atoms with E-state index in [1.165, 1.54) is 18.2 Å². The van der Waals surface area contributed by atoms with Crippen LogP contribution in [-0.4, -0.2) is 23.4 Å². The number of anilines is 1. The maximum absolute atomic E-state index is 13.3. The minimum atomic E-state index is -3.59. The van der Waals surface area contributed by atoms with E-state index in [0.29, 0.717) is 11.3 Å². The van der Waals surface area contributed by atoms with Gasteiger partial charge in [-0.3, -0.25) is 4.57 Å². The van der Waals surface area contributed by atoms with Crippen LogP contribution in [0.5, 0.6) is 11.5 Å². The van der Waals surface area contributed by atoms with Gasteiger partial charge in [0.1, 0.15) is 11.5 Å². The van der Waals surface area contributed by atoms with Crippen LogP contribution in [0.1, 0.15) is 25.2 Å². The molecule has 7 heteroatoms. The number of phenolic OH excluding ortho intramolecular Hbond substituents is 2. The van der Waals surface area contributed by atoms with E-state index in [0.717, 1.165) is 0 Å². The van der Waals surface area contributed by atoms with Gasteiger partial charge in [0, 0.05) is 11.3 Å². The summed E-state index contributed by atoms with van der Waals surface area (Å²) in [5.74, 6) is -0.769. The van der Waals surface area contributed by atoms with Crippen LogP contribution >= 0.6 is 7.60 Å². The van der Waals surface area contributed by atoms with E-state index in [9.17, 15) is 14.8 Å². The number of benzene rings is 2. The maximum Gasteiger partial charge on any atom is 0.357 e. The molecular weight excluding hydrogens is 329 g/mol. The van der Waals surface area contributed by atoms with E-state index in [4.69, 9.17) is 9.05 Å². The van der Waals surface area contributed by atoms with Gasteiger partial charge in [0.25, 0.3) is 0 Å². The first-order chi connectivity index (χ1) is 11.5. The number of rotatable bonds is 8. The summed E-state index contributed by atoms with van der Waals surface area (Å²) < 4.78 is 24.2. The van der Waals surface area contributed by atoms with Gasteiger partial charge >= 0.3 is 7.60 Å². The van der Waals surface area contributed by atoms with Crippen molar-refractivity contribution in [1.29, 1.82) is 0 Å². The van der Waals surface area contributed by atoms with Crippen LogP contribution in [0.4, 0.5) is 5.69 Å². The molecule has 2 rings (SSSR count). The van der Waals surface area contributed by atoms with Crippen LogP contribution in [0, 0.1) is 0 Å². The Hall–Kier alpha value is -2.01. The molecule has 0 saturated carbocycles. The van der Waals surface area contributed by atoms with Gasteiger partial charge in [-0.05, 0) is 44.2 Å². The minimum Gasteiger partial charge on any atom is -0.508 e. The second-order valence-electron chi connectivity index (χ2n) is 5.03. The van der Waals surface area contributed by atoms with Crippen molar-refractivity contribution in [3.05, 3.63) is 54.1 Å². The number of nitrogens with one attached hydrogen (secondary N) is 1. The minimum absolute atomic E-state index is 0.00610. The molecule has 0 fully saturated rings. The molecule has 0 saturated heterocycles. The Morgan fingerprint density at radius 1 is 1.00 bits per heavy atom. The zero-order chi connectivity index (χ0) is 17.6. The predicted molar refractivity (Wildman–Crippen MR) is 93.4 cm³/mol. The van der Waals surface area contributed by atoms with Gasteiger partial charge in [0.15, 0.2) is 5.78 Å². The van der Waals surface area contributed by atoms with E-state index < -0.39 is 13.4 Å². The third-order valence-corrected chi connectivity index (χ3v) is 5.61. The lowest BCUT2D eigenvalue weighted by Crippen LogP contribution is -2.15. The average molecular weight is 351 g/mol. The highest BCUT2D eigenvalue weighted by Gasteiger charge is 2.38. The topological polar surface area (TPSA) is 88.0 Å². The fraction of sp³-hybridized carbons (Fsp3) is 0.294. The summed E-state index contributed by atoms with van der Waals surface area (Å²) in [5.41, 5.74) is 1.02. The van der Waals surface area contributed by atoms with E-state index in [1.807, 2.05) is 0 Å². The smallest absolute Gasteiger partial charge is 0.357 e. The fourth-order valence-electron chi connectivity index (χ4n) is 2.31. The van der Waals surface area contributed by atoms with Crippen molar-refractivity contribution in [1.82, 2.24) is 0 Å². The normalized spacial score (nSPS) is 12.8. The highest BCUT2D eigenvalue weighted by Crippen LogP contribution is 2.61. The Balaban J connectivity index is 2.46. The molecule has 0 aliphatic heterocycles. The summed E-state index contributed by atoms with van der Waals surface area (Å²) in [6.07, 6.45) is 0. The van der Waals surface area contributed by atoms with Crippen LogP contribution in [0.15, 0.2) is 48.5 Å². The van der Waals surface area contributed by atoms with Crippen molar-refractivity contribution in [3.8, 4) is 11.5 Å². The van der Waals surface area contributed by atoms with Crippen molar-refractivity contribution in [2.24, 2.45) is 0 Å². The number of para-hydroxylation sites is 1. The van der Waals surface area contributed by atoms with Gasteiger partial charge in [-0.1, -0.05) is 18.2 Å². The van der Waals surface area contributed by atoms with Gasteiger partial charge in [-0.25, -0.2) is 0 Å². The monoisotopic (exact) mass is 351 g/mol. The summed E-state index contributed by atoms with van der Waals surface area (Å²) >= 11 is 0. The van der Waals surface area contributed by atoms with Crippen LogP contribution in [0.3, 0.4) is 0 Å². The highest BCUT2D eigenvalue weighted by molar-refractivity contribution is 7.54. The van der Waals surface area contributed by atoms with Crippen molar-refractivity contribution in [2.45, 2.75) is 19.6 Å². The molecule has 0 amide bonds. The molecule has 3 N–H and O–H groups in total. The highest BCUT2D eigenvalue weighted by atomic mass is 31.2. The fourth-order valence-corrected chi connectivity index (χ4v) is 4.27. The quantitative estimate of drug-likeness (QED) is 0.480. The first-order valence-electron chi connectivity index (χ1n) is 7.72. The number of phenols is 2. The molecular formula is C17H22NO5P. The molecule has 1 atom stereocenters. The summed E-state index contributed by atoms with van der Waals surface area (Å²) in [7, 11) is -3.59. The summed E-state index contributed by atoms with van der Waals surface area (Å²) in [4.78, 5) is 0. The second kappa shape index (κ2) is 8.20. The lowest BCUT2D eigenvalue weighted by atomic mass is 10.2. The summed E-state index contributed by atoms with van der Waals surface area (Å²) in [6.45, 7) is 3.87. The molecule has 0 spiro atoms. The van der Waals surface area contributed by atoms with Crippen molar-refractivity contribution < 1.29 is 23.8 Å². The van der Waals surface area contributed by atoms with Crippen LogP contribution in [-0.2, 0) is 13.6 Å². The lowest BCUT2D eigenvalue weighted by molar-refractivity contribution is 0.213. The Kier molecular flexibility index (Phi) is 6.26. The molecule has 2 aromatic carbocycles. The molecule has 0 bridgehead atoms. The molecule has 24 heavy (non-hydrogen) atoms. The largest absolute Gasteiger partial charge is 0.508 e. The Morgan fingerprint density at radius 3 is 2.12 bits per heavy atom. The zero-order valence-corrected chi connectivity index (χ0v) is 14.6. The molecule has 0 aromatic heterocycles. The molecule has 6 nitrogen and oxygen atoms in total. The summed E-state index contributed by atoms with van der Waals surface area (Å²) in [6, 6.07) is 12.9. The maximum atomic E-state index is 13.3. The summed E-state index contributed by atoms with van der Waals surface area (Å²) in [5, 5.41) is 22.7. The Bertz CT molecular complexity index is 694. The first-order valence-corrected chi connectivity index (χ1v) is 9.33. The number of hydrogen-bond acceptors (Lipinski definition) is 6. The SMILES string of the molecule is CCOP(=O)(OCC)C(Nc1ccc(O)cc1)c1ccccc1O. The molecule has 0 aliphatic carbocycles. The van der Waals surface area contributed by atoms with Crippen molar-refractivity contribution >= 4 is 13.3 Å². The zero-order valence-electron chi connectivity index (χ0n) is 13.7. The van der Waals surface area contributed by atoms with E-state index >= 15 is 0 Å². The second-order valence-corrected chi connectivity index (χ2v) is 7.14. The third kappa shape index (κ3) is 4.29. The molecule has 0 heterocycles. The molecule has 1 unspecified atom stereocenters. The Labute approximate surface area is 141 Å². The molecule has 130 valence electrons. The van der Waals surface area contributed by atoms with Gasteiger partial charge in [0.05, 0.1) is 13.2 Å². The Morgan fingerprint density at radius 2 is 1.58 bits per heavy atom. The molecule has 2 aromatic rings. The predicted octanol–water partition coefficient (Wildman–Crippen LogP) is 4.47. The molecule has 0 aliphatic rings. The first kappa shape index (κ1) is 18.3. The van der Waals surface area contributed by atoms with E-state index in [2.05, 4.69) is 5.32 Å². The van der Waals surface area contributed by atoms with E-state index in [1.54, 1.807) is 44.2 Å². The number of aromatic hydroxyl groups is 2. The van der Waals surface area contributed by atoms with Crippen molar-refractivity contribution in [2.75, 3.05) is 18.5 Å². The standard InChI is InChI=1S/C17H22NO5P/c1-3-22-24(21,23-4-2)17(15-7-5-6-8-16(15)20)18-13-9-11-14(19)12-10-13/h5-12,17-20H,3-4H2,1-2H3.